The van der Waals surface area contributed by atoms with Gasteiger partial charge in [0.1, 0.15) is 5.75 Å². The Labute approximate surface area is 154 Å². The lowest BCUT2D eigenvalue weighted by atomic mass is 10.2. The van der Waals surface area contributed by atoms with Gasteiger partial charge in [0.25, 0.3) is 5.91 Å². The Morgan fingerprint density at radius 1 is 1.19 bits per heavy atom. The third kappa shape index (κ3) is 6.67. The number of ether oxygens (including phenoxy) is 2. The second kappa shape index (κ2) is 9.56. The number of hydrogen-bond acceptors (Lipinski definition) is 6. The Morgan fingerprint density at radius 3 is 2.54 bits per heavy atom. The van der Waals surface area contributed by atoms with Gasteiger partial charge in [-0.05, 0) is 37.1 Å². The minimum absolute atomic E-state index is 0.0631. The quantitative estimate of drug-likeness (QED) is 0.515. The lowest BCUT2D eigenvalue weighted by Crippen LogP contribution is -2.38. The normalized spacial score (nSPS) is 18.3. The predicted molar refractivity (Wildman–Crippen MR) is 96.9 cm³/mol. The van der Waals surface area contributed by atoms with Gasteiger partial charge in [-0.1, -0.05) is 19.8 Å². The van der Waals surface area contributed by atoms with E-state index in [2.05, 4.69) is 12.2 Å². The van der Waals surface area contributed by atoms with Crippen molar-refractivity contribution in [2.45, 2.75) is 38.6 Å². The van der Waals surface area contributed by atoms with Gasteiger partial charge in [-0.25, -0.2) is 13.2 Å². The zero-order valence-corrected chi connectivity index (χ0v) is 15.7. The minimum Gasteiger partial charge on any atom is -0.494 e. The fourth-order valence-corrected chi connectivity index (χ4v) is 4.30. The summed E-state index contributed by atoms with van der Waals surface area (Å²) in [5.41, 5.74) is 0.321. The lowest BCUT2D eigenvalue weighted by Gasteiger charge is -2.11. The molecule has 0 saturated carbocycles. The van der Waals surface area contributed by atoms with E-state index >= 15 is 0 Å². The molecule has 1 atom stereocenters. The van der Waals surface area contributed by atoms with Crippen LogP contribution in [-0.4, -0.2) is 51.1 Å². The van der Waals surface area contributed by atoms with Gasteiger partial charge in [-0.2, -0.15) is 0 Å². The monoisotopic (exact) mass is 383 g/mol. The van der Waals surface area contributed by atoms with Crippen LogP contribution in [0.5, 0.6) is 5.75 Å². The summed E-state index contributed by atoms with van der Waals surface area (Å²) in [4.78, 5) is 23.7. The maximum Gasteiger partial charge on any atom is 0.338 e. The van der Waals surface area contributed by atoms with Crippen molar-refractivity contribution in [3.05, 3.63) is 29.8 Å². The fourth-order valence-electron chi connectivity index (χ4n) is 2.62. The molecule has 2 rings (SSSR count). The van der Waals surface area contributed by atoms with Crippen LogP contribution in [-0.2, 0) is 19.4 Å². The Hall–Kier alpha value is -2.09. The summed E-state index contributed by atoms with van der Waals surface area (Å²) in [5, 5.41) is 2.57. The Kier molecular flexibility index (Phi) is 7.44. The van der Waals surface area contributed by atoms with E-state index in [0.717, 1.165) is 19.3 Å². The number of hydrogen-bond donors (Lipinski definition) is 1. The number of sulfone groups is 1. The smallest absolute Gasteiger partial charge is 0.338 e. The number of carbonyl (C=O) groups is 2. The zero-order valence-electron chi connectivity index (χ0n) is 14.9. The van der Waals surface area contributed by atoms with Crippen LogP contribution in [0.4, 0.5) is 0 Å². The molecule has 0 spiro atoms. The molecule has 0 radical (unpaired) electrons. The van der Waals surface area contributed by atoms with E-state index in [1.54, 1.807) is 24.3 Å². The molecule has 1 aromatic carbocycles. The number of unbranched alkanes of at least 4 members (excludes halogenated alkanes) is 2. The summed E-state index contributed by atoms with van der Waals surface area (Å²) < 4.78 is 33.2. The fraction of sp³-hybridized carbons (Fsp3) is 0.556. The van der Waals surface area contributed by atoms with E-state index in [-0.39, 0.29) is 11.5 Å². The van der Waals surface area contributed by atoms with E-state index < -0.39 is 34.4 Å². The first-order valence-electron chi connectivity index (χ1n) is 8.79. The highest BCUT2D eigenvalue weighted by atomic mass is 32.2. The number of carbonyl (C=O) groups excluding carboxylic acids is 2. The van der Waals surface area contributed by atoms with Gasteiger partial charge in [0, 0.05) is 6.04 Å². The molecule has 0 unspecified atom stereocenters. The van der Waals surface area contributed by atoms with Gasteiger partial charge in [0.2, 0.25) is 0 Å². The second-order valence-corrected chi connectivity index (χ2v) is 8.55. The van der Waals surface area contributed by atoms with E-state index in [1.807, 2.05) is 0 Å². The third-order valence-corrected chi connectivity index (χ3v) is 5.81. The first-order valence-corrected chi connectivity index (χ1v) is 10.6. The van der Waals surface area contributed by atoms with Gasteiger partial charge in [0.15, 0.2) is 16.4 Å². The SMILES string of the molecule is CCCCCOc1ccc(C(=O)OCC(=O)N[C@H]2CCS(=O)(=O)C2)cc1. The van der Waals surface area contributed by atoms with Gasteiger partial charge in [-0.15, -0.1) is 0 Å². The molecule has 7 nitrogen and oxygen atoms in total. The summed E-state index contributed by atoms with van der Waals surface area (Å²) in [6.07, 6.45) is 3.61. The molecule has 1 aliphatic heterocycles. The molecule has 26 heavy (non-hydrogen) atoms. The summed E-state index contributed by atoms with van der Waals surface area (Å²) >= 11 is 0. The molecule has 0 bridgehead atoms. The first kappa shape index (κ1) is 20.2. The van der Waals surface area contributed by atoms with Crippen molar-refractivity contribution < 1.29 is 27.5 Å². The maximum atomic E-state index is 12.0. The van der Waals surface area contributed by atoms with Crippen LogP contribution in [0.25, 0.3) is 0 Å². The van der Waals surface area contributed by atoms with Gasteiger partial charge in [0.05, 0.1) is 23.7 Å². The van der Waals surface area contributed by atoms with E-state index in [1.165, 1.54) is 0 Å². The van der Waals surface area contributed by atoms with Crippen molar-refractivity contribution >= 4 is 21.7 Å². The Bertz CT molecular complexity index is 714. The first-order chi connectivity index (χ1) is 12.4. The molecule has 1 saturated heterocycles. The van der Waals surface area contributed by atoms with Crippen LogP contribution in [0.1, 0.15) is 43.0 Å². The average molecular weight is 383 g/mol. The summed E-state index contributed by atoms with van der Waals surface area (Å²) in [6.45, 7) is 2.32. The molecule has 1 N–H and O–H groups in total. The number of benzene rings is 1. The van der Waals surface area contributed by atoms with Crippen LogP contribution < -0.4 is 10.1 Å². The van der Waals surface area contributed by atoms with Crippen LogP contribution in [0.2, 0.25) is 0 Å². The van der Waals surface area contributed by atoms with Crippen molar-refractivity contribution in [1.29, 1.82) is 0 Å². The van der Waals surface area contributed by atoms with Crippen LogP contribution in [0.3, 0.4) is 0 Å². The average Bonchev–Trinajstić information content (AvgIpc) is 2.95. The lowest BCUT2D eigenvalue weighted by molar-refractivity contribution is -0.124. The molecule has 0 aromatic heterocycles. The van der Waals surface area contributed by atoms with Gasteiger partial charge in [-0.3, -0.25) is 4.79 Å². The van der Waals surface area contributed by atoms with Crippen LogP contribution in [0, 0.1) is 0 Å². The number of nitrogens with one attached hydrogen (secondary N) is 1. The van der Waals surface area contributed by atoms with Crippen molar-refractivity contribution in [2.75, 3.05) is 24.7 Å². The summed E-state index contributed by atoms with van der Waals surface area (Å²) in [5.74, 6) is -0.428. The van der Waals surface area contributed by atoms with Gasteiger partial charge < -0.3 is 14.8 Å². The largest absolute Gasteiger partial charge is 0.494 e. The zero-order chi connectivity index (χ0) is 19.0. The number of amides is 1. The molecule has 1 aliphatic rings. The van der Waals surface area contributed by atoms with Crippen molar-refractivity contribution in [1.82, 2.24) is 5.32 Å². The second-order valence-electron chi connectivity index (χ2n) is 6.32. The molecule has 1 fully saturated rings. The molecule has 144 valence electrons. The Balaban J connectivity index is 1.72. The maximum absolute atomic E-state index is 12.0. The van der Waals surface area contributed by atoms with Crippen LogP contribution in [0.15, 0.2) is 24.3 Å². The highest BCUT2D eigenvalue weighted by molar-refractivity contribution is 7.91. The van der Waals surface area contributed by atoms with E-state index in [4.69, 9.17) is 9.47 Å². The molecule has 1 aromatic rings. The van der Waals surface area contributed by atoms with Crippen molar-refractivity contribution in [3.63, 3.8) is 0 Å². The van der Waals surface area contributed by atoms with Crippen molar-refractivity contribution in [2.24, 2.45) is 0 Å². The van der Waals surface area contributed by atoms with Crippen LogP contribution >= 0.6 is 0 Å². The topological polar surface area (TPSA) is 98.8 Å². The minimum atomic E-state index is -3.06. The number of esters is 1. The Morgan fingerprint density at radius 2 is 1.92 bits per heavy atom. The molecule has 1 heterocycles. The highest BCUT2D eigenvalue weighted by Crippen LogP contribution is 2.14. The summed E-state index contributed by atoms with van der Waals surface area (Å²) in [7, 11) is -3.06. The van der Waals surface area contributed by atoms with Crippen molar-refractivity contribution in [3.8, 4) is 5.75 Å². The third-order valence-electron chi connectivity index (χ3n) is 4.04. The predicted octanol–water partition coefficient (Wildman–Crippen LogP) is 1.72. The molecule has 0 aliphatic carbocycles. The number of rotatable bonds is 9. The van der Waals surface area contributed by atoms with E-state index in [0.29, 0.717) is 24.3 Å². The standard InChI is InChI=1S/C18H25NO6S/c1-2-3-4-10-24-16-7-5-14(6-8-16)18(21)25-12-17(20)19-15-9-11-26(22,23)13-15/h5-8,15H,2-4,9-13H2,1H3,(H,19,20)/t15-/m0/s1. The van der Waals surface area contributed by atoms with Gasteiger partial charge >= 0.3 is 5.97 Å². The highest BCUT2D eigenvalue weighted by Gasteiger charge is 2.29. The molecule has 8 heteroatoms. The molecular formula is C18H25NO6S. The molecular weight excluding hydrogens is 358 g/mol. The van der Waals surface area contributed by atoms with E-state index in [9.17, 15) is 18.0 Å². The summed E-state index contributed by atoms with van der Waals surface area (Å²) in [6, 6.07) is 6.13. The molecule has 1 amide bonds.